The highest BCUT2D eigenvalue weighted by Crippen LogP contribution is 2.30. The molecule has 0 unspecified atom stereocenters. The molecule has 0 aliphatic heterocycles. The molecule has 1 aromatic carbocycles. The van der Waals surface area contributed by atoms with E-state index in [0.717, 1.165) is 0 Å². The van der Waals surface area contributed by atoms with E-state index in [1.165, 1.54) is 13.2 Å². The number of methoxy groups -OCH3 is 1. The van der Waals surface area contributed by atoms with Crippen molar-refractivity contribution in [1.82, 2.24) is 0 Å². The van der Waals surface area contributed by atoms with Crippen molar-refractivity contribution in [3.8, 4) is 5.95 Å². The van der Waals surface area contributed by atoms with E-state index in [1.807, 2.05) is 0 Å². The first-order valence-corrected chi connectivity index (χ1v) is 4.57. The zero-order chi connectivity index (χ0) is 11.0. The summed E-state index contributed by atoms with van der Waals surface area (Å²) in [5.41, 5.74) is 5.53. The fourth-order valence-electron chi connectivity index (χ4n) is 1.35. The quantitative estimate of drug-likeness (QED) is 0.755. The number of benzene rings is 1. The maximum atomic E-state index is 11.5. The molecule has 1 heterocycles. The van der Waals surface area contributed by atoms with Crippen molar-refractivity contribution in [3.05, 3.63) is 33.6 Å². The Morgan fingerprint density at radius 2 is 2.13 bits per heavy atom. The van der Waals surface area contributed by atoms with Crippen molar-refractivity contribution in [2.45, 2.75) is 0 Å². The van der Waals surface area contributed by atoms with Crippen molar-refractivity contribution in [2.75, 3.05) is 12.8 Å². The molecule has 0 radical (unpaired) electrons. The van der Waals surface area contributed by atoms with E-state index in [9.17, 15) is 4.79 Å². The second kappa shape index (κ2) is 3.47. The van der Waals surface area contributed by atoms with Crippen LogP contribution in [0.2, 0.25) is 5.02 Å². The van der Waals surface area contributed by atoms with Gasteiger partial charge in [-0.15, -0.1) is 0 Å². The van der Waals surface area contributed by atoms with Crippen LogP contribution >= 0.6 is 11.6 Å². The molecule has 2 aromatic rings. The van der Waals surface area contributed by atoms with E-state index in [-0.39, 0.29) is 11.0 Å². The Hall–Kier alpha value is -1.68. The first kappa shape index (κ1) is 9.86. The van der Waals surface area contributed by atoms with Gasteiger partial charge in [0.1, 0.15) is 5.02 Å². The predicted octanol–water partition coefficient (Wildman–Crippen LogP) is 2.04. The first-order chi connectivity index (χ1) is 7.13. The van der Waals surface area contributed by atoms with E-state index >= 15 is 0 Å². The molecule has 0 amide bonds. The average Bonchev–Trinajstić information content (AvgIpc) is 2.23. The zero-order valence-corrected chi connectivity index (χ0v) is 8.67. The molecule has 2 rings (SSSR count). The normalized spacial score (nSPS) is 10.5. The van der Waals surface area contributed by atoms with Gasteiger partial charge in [0.15, 0.2) is 0 Å². The minimum atomic E-state index is -0.515. The van der Waals surface area contributed by atoms with E-state index in [1.54, 1.807) is 12.1 Å². The van der Waals surface area contributed by atoms with E-state index in [2.05, 4.69) is 0 Å². The molecule has 0 bridgehead atoms. The highest BCUT2D eigenvalue weighted by molar-refractivity contribution is 6.36. The van der Waals surface area contributed by atoms with E-state index in [4.69, 9.17) is 26.5 Å². The van der Waals surface area contributed by atoms with Gasteiger partial charge in [0, 0.05) is 11.1 Å². The minimum absolute atomic E-state index is 0.0129. The van der Waals surface area contributed by atoms with Crippen molar-refractivity contribution < 1.29 is 9.15 Å². The van der Waals surface area contributed by atoms with Crippen LogP contribution in [0.15, 0.2) is 27.4 Å². The Labute approximate surface area is 90.2 Å². The molecule has 0 saturated carbocycles. The molecule has 0 saturated heterocycles. The number of hydrogen-bond donors (Lipinski definition) is 1. The number of rotatable bonds is 1. The molecule has 5 heteroatoms. The lowest BCUT2D eigenvalue weighted by Gasteiger charge is -2.04. The Kier molecular flexibility index (Phi) is 2.28. The number of halogens is 1. The lowest BCUT2D eigenvalue weighted by atomic mass is 10.1. The predicted molar refractivity (Wildman–Crippen MR) is 58.5 cm³/mol. The number of ether oxygens (including phenoxy) is 1. The average molecular weight is 226 g/mol. The van der Waals surface area contributed by atoms with Crippen molar-refractivity contribution in [1.29, 1.82) is 0 Å². The summed E-state index contributed by atoms with van der Waals surface area (Å²) in [6.07, 6.45) is 0. The summed E-state index contributed by atoms with van der Waals surface area (Å²) in [5, 5.41) is 1.19. The maximum Gasteiger partial charge on any atom is 0.346 e. The third kappa shape index (κ3) is 1.53. The van der Waals surface area contributed by atoms with Crippen molar-refractivity contribution in [3.63, 3.8) is 0 Å². The summed E-state index contributed by atoms with van der Waals surface area (Å²) in [4.78, 5) is 11.5. The largest absolute Gasteiger partial charge is 0.467 e. The summed E-state index contributed by atoms with van der Waals surface area (Å²) in [6.45, 7) is 0. The van der Waals surface area contributed by atoms with Gasteiger partial charge in [-0.1, -0.05) is 17.7 Å². The number of nitrogens with two attached hydrogens (primary N) is 1. The maximum absolute atomic E-state index is 11.5. The van der Waals surface area contributed by atoms with Gasteiger partial charge in [-0.3, -0.25) is 0 Å². The molecule has 0 spiro atoms. The van der Waals surface area contributed by atoms with Gasteiger partial charge in [0.25, 0.3) is 0 Å². The standard InChI is InChI=1S/C10H8ClNO3/c1-14-10-8(11)6-3-2-5(12)4-7(6)9(13)15-10/h2-4H,12H2,1H3. The molecule has 0 atom stereocenters. The van der Waals surface area contributed by atoms with E-state index < -0.39 is 5.63 Å². The van der Waals surface area contributed by atoms with Gasteiger partial charge < -0.3 is 14.9 Å². The molecule has 15 heavy (non-hydrogen) atoms. The third-order valence-corrected chi connectivity index (χ3v) is 2.41. The van der Waals surface area contributed by atoms with Gasteiger partial charge in [-0.25, -0.2) is 4.79 Å². The molecule has 4 nitrogen and oxygen atoms in total. The van der Waals surface area contributed by atoms with Gasteiger partial charge >= 0.3 is 11.6 Å². The van der Waals surface area contributed by atoms with Crippen molar-refractivity contribution in [2.24, 2.45) is 0 Å². The Bertz CT molecular complexity index is 577. The Balaban J connectivity index is 2.93. The second-order valence-electron chi connectivity index (χ2n) is 3.00. The number of hydrogen-bond acceptors (Lipinski definition) is 4. The highest BCUT2D eigenvalue weighted by atomic mass is 35.5. The van der Waals surface area contributed by atoms with Gasteiger partial charge in [-0.2, -0.15) is 0 Å². The van der Waals surface area contributed by atoms with Crippen LogP contribution in [0, 0.1) is 0 Å². The SMILES string of the molecule is COc1oc(=O)c2cc(N)ccc2c1Cl. The summed E-state index contributed by atoms with van der Waals surface area (Å²) < 4.78 is 9.69. The summed E-state index contributed by atoms with van der Waals surface area (Å²) >= 11 is 5.97. The fourth-order valence-corrected chi connectivity index (χ4v) is 1.63. The van der Waals surface area contributed by atoms with Crippen LogP contribution < -0.4 is 16.1 Å². The minimum Gasteiger partial charge on any atom is -0.467 e. The van der Waals surface area contributed by atoms with Gasteiger partial charge in [-0.05, 0) is 12.1 Å². The van der Waals surface area contributed by atoms with Crippen LogP contribution in [0.3, 0.4) is 0 Å². The van der Waals surface area contributed by atoms with Crippen LogP contribution in [-0.2, 0) is 0 Å². The molecule has 78 valence electrons. The molecular weight excluding hydrogens is 218 g/mol. The van der Waals surface area contributed by atoms with Crippen LogP contribution in [0.1, 0.15) is 0 Å². The summed E-state index contributed by atoms with van der Waals surface area (Å²) in [7, 11) is 1.38. The summed E-state index contributed by atoms with van der Waals surface area (Å²) in [6, 6.07) is 4.84. The molecule has 2 N–H and O–H groups in total. The monoisotopic (exact) mass is 225 g/mol. The lowest BCUT2D eigenvalue weighted by Crippen LogP contribution is -2.02. The van der Waals surface area contributed by atoms with Crippen molar-refractivity contribution >= 4 is 28.1 Å². The van der Waals surface area contributed by atoms with Crippen LogP contribution in [0.25, 0.3) is 10.8 Å². The Morgan fingerprint density at radius 1 is 1.40 bits per heavy atom. The van der Waals surface area contributed by atoms with Gasteiger partial charge in [0.05, 0.1) is 12.5 Å². The van der Waals surface area contributed by atoms with Crippen LogP contribution in [-0.4, -0.2) is 7.11 Å². The van der Waals surface area contributed by atoms with Crippen LogP contribution in [0.4, 0.5) is 5.69 Å². The number of nitrogen functional groups attached to an aromatic ring is 1. The highest BCUT2D eigenvalue weighted by Gasteiger charge is 2.12. The first-order valence-electron chi connectivity index (χ1n) is 4.19. The van der Waals surface area contributed by atoms with Crippen LogP contribution in [0.5, 0.6) is 5.95 Å². The molecule has 0 aliphatic carbocycles. The third-order valence-electron chi connectivity index (χ3n) is 2.05. The van der Waals surface area contributed by atoms with E-state index in [0.29, 0.717) is 16.5 Å². The second-order valence-corrected chi connectivity index (χ2v) is 3.38. The number of fused-ring (bicyclic) bond motifs is 1. The molecule has 1 aromatic heterocycles. The van der Waals surface area contributed by atoms with Gasteiger partial charge in [0.2, 0.25) is 0 Å². The molecular formula is C10H8ClNO3. The summed E-state index contributed by atoms with van der Waals surface area (Å²) in [5.74, 6) is 0.0129. The fraction of sp³-hybridized carbons (Fsp3) is 0.100. The molecule has 0 fully saturated rings. The zero-order valence-electron chi connectivity index (χ0n) is 7.91. The number of anilines is 1. The lowest BCUT2D eigenvalue weighted by molar-refractivity contribution is 0.289. The smallest absolute Gasteiger partial charge is 0.346 e. The topological polar surface area (TPSA) is 65.5 Å². The molecule has 0 aliphatic rings. The Morgan fingerprint density at radius 3 is 2.80 bits per heavy atom.